The maximum Gasteiger partial charge on any atom is 0.147 e. The number of fused-ring (bicyclic) bond motifs is 3. The highest BCUT2D eigenvalue weighted by Gasteiger charge is 2.31. The molecular formula is C24H25NO5. The van der Waals surface area contributed by atoms with Crippen LogP contribution >= 0.6 is 0 Å². The maximum atomic E-state index is 12.5. The molecule has 2 aromatic carbocycles. The third kappa shape index (κ3) is 3.61. The van der Waals surface area contributed by atoms with Crippen molar-refractivity contribution in [3.05, 3.63) is 42.2 Å². The van der Waals surface area contributed by atoms with Crippen LogP contribution in [0.15, 0.2) is 41.0 Å². The lowest BCUT2D eigenvalue weighted by Gasteiger charge is -2.26. The highest BCUT2D eigenvalue weighted by Crippen LogP contribution is 2.40. The van der Waals surface area contributed by atoms with Crippen LogP contribution in [0, 0.1) is 0 Å². The standard InChI is InChI=1S/C24H25NO5/c26-16-4-5-17(21(27)14-16)20-15-30-23-7-6-18-19(24(20)23)2-1-3-22(18)29-13-10-25-8-11-28-12-9-25/h1-3,6-7,15,17H,4-5,8-14H2/t17-/m0/s1. The summed E-state index contributed by atoms with van der Waals surface area (Å²) in [6.07, 6.45) is 2.72. The first-order valence-electron chi connectivity index (χ1n) is 10.6. The predicted molar refractivity (Wildman–Crippen MR) is 113 cm³/mol. The summed E-state index contributed by atoms with van der Waals surface area (Å²) in [5, 5.41) is 2.98. The minimum absolute atomic E-state index is 0.0103. The Morgan fingerprint density at radius 3 is 2.77 bits per heavy atom. The van der Waals surface area contributed by atoms with E-state index in [2.05, 4.69) is 4.90 Å². The summed E-state index contributed by atoms with van der Waals surface area (Å²) >= 11 is 0. The highest BCUT2D eigenvalue weighted by molar-refractivity contribution is 6.12. The van der Waals surface area contributed by atoms with Crippen molar-refractivity contribution in [2.24, 2.45) is 0 Å². The lowest BCUT2D eigenvalue weighted by Crippen LogP contribution is -2.38. The van der Waals surface area contributed by atoms with Gasteiger partial charge in [0.05, 0.1) is 25.9 Å². The monoisotopic (exact) mass is 407 g/mol. The molecule has 5 rings (SSSR count). The van der Waals surface area contributed by atoms with Gasteiger partial charge < -0.3 is 13.9 Å². The molecule has 2 heterocycles. The molecule has 156 valence electrons. The summed E-state index contributed by atoms with van der Waals surface area (Å²) in [6, 6.07) is 9.96. The lowest BCUT2D eigenvalue weighted by molar-refractivity contribution is -0.130. The number of rotatable bonds is 5. The summed E-state index contributed by atoms with van der Waals surface area (Å²) in [5.74, 6) is 0.578. The van der Waals surface area contributed by atoms with Crippen LogP contribution in [0.3, 0.4) is 0 Å². The Kier molecular flexibility index (Phi) is 5.27. The van der Waals surface area contributed by atoms with Gasteiger partial charge in [-0.05, 0) is 30.0 Å². The lowest BCUT2D eigenvalue weighted by atomic mass is 9.81. The summed E-state index contributed by atoms with van der Waals surface area (Å²) < 4.78 is 17.3. The average Bonchev–Trinajstić information content (AvgIpc) is 3.19. The van der Waals surface area contributed by atoms with Gasteiger partial charge in [-0.25, -0.2) is 0 Å². The average molecular weight is 407 g/mol. The van der Waals surface area contributed by atoms with Gasteiger partial charge in [-0.3, -0.25) is 14.5 Å². The maximum absolute atomic E-state index is 12.5. The number of Topliss-reactive ketones (excluding diaryl/α,β-unsaturated/α-hetero) is 2. The Hall–Kier alpha value is -2.70. The molecule has 1 aliphatic carbocycles. The molecule has 1 saturated carbocycles. The summed E-state index contributed by atoms with van der Waals surface area (Å²) in [4.78, 5) is 26.5. The molecule has 1 atom stereocenters. The summed E-state index contributed by atoms with van der Waals surface area (Å²) in [7, 11) is 0. The Labute approximate surface area is 174 Å². The van der Waals surface area contributed by atoms with E-state index < -0.39 is 0 Å². The van der Waals surface area contributed by atoms with Gasteiger partial charge >= 0.3 is 0 Å². The van der Waals surface area contributed by atoms with Crippen molar-refractivity contribution in [3.8, 4) is 5.75 Å². The van der Waals surface area contributed by atoms with Crippen LogP contribution in [-0.2, 0) is 14.3 Å². The number of morpholine rings is 1. The molecule has 0 radical (unpaired) electrons. The van der Waals surface area contributed by atoms with E-state index in [4.69, 9.17) is 13.9 Å². The van der Waals surface area contributed by atoms with Crippen LogP contribution in [-0.4, -0.2) is 55.9 Å². The van der Waals surface area contributed by atoms with Crippen LogP contribution in [0.5, 0.6) is 5.75 Å². The van der Waals surface area contributed by atoms with E-state index in [-0.39, 0.29) is 23.9 Å². The minimum atomic E-state index is -0.277. The second kappa shape index (κ2) is 8.20. The van der Waals surface area contributed by atoms with Crippen molar-refractivity contribution in [2.45, 2.75) is 25.2 Å². The van der Waals surface area contributed by atoms with Crippen molar-refractivity contribution >= 4 is 33.3 Å². The Morgan fingerprint density at radius 2 is 1.93 bits per heavy atom. The first-order valence-corrected chi connectivity index (χ1v) is 10.6. The molecule has 0 spiro atoms. The summed E-state index contributed by atoms with van der Waals surface area (Å²) in [5.41, 5.74) is 1.64. The number of nitrogens with zero attached hydrogens (tertiary/aromatic N) is 1. The van der Waals surface area contributed by atoms with Gasteiger partial charge in [0.2, 0.25) is 0 Å². The first-order chi connectivity index (χ1) is 14.7. The van der Waals surface area contributed by atoms with E-state index in [0.29, 0.717) is 19.4 Å². The molecule has 0 bridgehead atoms. The number of carbonyl (C=O) groups excluding carboxylic acids is 2. The fraction of sp³-hybridized carbons (Fsp3) is 0.417. The largest absolute Gasteiger partial charge is 0.492 e. The molecule has 0 amide bonds. The Morgan fingerprint density at radius 1 is 1.07 bits per heavy atom. The van der Waals surface area contributed by atoms with Gasteiger partial charge in [0.15, 0.2) is 0 Å². The van der Waals surface area contributed by atoms with Crippen molar-refractivity contribution < 1.29 is 23.5 Å². The molecule has 6 nitrogen and oxygen atoms in total. The van der Waals surface area contributed by atoms with Crippen LogP contribution in [0.25, 0.3) is 21.7 Å². The zero-order valence-electron chi connectivity index (χ0n) is 16.9. The molecule has 0 unspecified atom stereocenters. The topological polar surface area (TPSA) is 69.0 Å². The van der Waals surface area contributed by atoms with Crippen LogP contribution in [0.2, 0.25) is 0 Å². The molecule has 3 aromatic rings. The molecule has 1 saturated heterocycles. The molecule has 6 heteroatoms. The zero-order chi connectivity index (χ0) is 20.5. The van der Waals surface area contributed by atoms with Crippen molar-refractivity contribution in [1.29, 1.82) is 0 Å². The van der Waals surface area contributed by atoms with Crippen LogP contribution in [0.1, 0.15) is 30.7 Å². The van der Waals surface area contributed by atoms with Crippen LogP contribution in [0.4, 0.5) is 0 Å². The van der Waals surface area contributed by atoms with Gasteiger partial charge in [-0.15, -0.1) is 0 Å². The molecule has 2 fully saturated rings. The highest BCUT2D eigenvalue weighted by atomic mass is 16.5. The Balaban J connectivity index is 1.45. The van der Waals surface area contributed by atoms with Crippen molar-refractivity contribution in [3.63, 3.8) is 0 Å². The quantitative estimate of drug-likeness (QED) is 0.601. The van der Waals surface area contributed by atoms with Crippen LogP contribution < -0.4 is 4.74 Å². The van der Waals surface area contributed by atoms with E-state index in [0.717, 1.165) is 65.9 Å². The minimum Gasteiger partial charge on any atom is -0.492 e. The number of benzene rings is 2. The molecule has 2 aliphatic rings. The van der Waals surface area contributed by atoms with Crippen molar-refractivity contribution in [1.82, 2.24) is 4.90 Å². The summed E-state index contributed by atoms with van der Waals surface area (Å²) in [6.45, 7) is 4.91. The fourth-order valence-electron chi connectivity index (χ4n) is 4.58. The number of ketones is 2. The molecule has 0 N–H and O–H groups in total. The zero-order valence-corrected chi connectivity index (χ0v) is 16.9. The van der Waals surface area contributed by atoms with E-state index in [9.17, 15) is 9.59 Å². The smallest absolute Gasteiger partial charge is 0.147 e. The second-order valence-corrected chi connectivity index (χ2v) is 8.06. The SMILES string of the molecule is O=C1CC[C@@H](c2coc3ccc4c(OCCN5CCOCC5)cccc4c23)C(=O)C1. The Bertz CT molecular complexity index is 1100. The molecular weight excluding hydrogens is 382 g/mol. The van der Waals surface area contributed by atoms with Gasteiger partial charge in [-0.1, -0.05) is 12.1 Å². The van der Waals surface area contributed by atoms with Gasteiger partial charge in [0.25, 0.3) is 0 Å². The second-order valence-electron chi connectivity index (χ2n) is 8.06. The predicted octanol–water partition coefficient (Wildman–Crippen LogP) is 3.70. The van der Waals surface area contributed by atoms with E-state index in [1.54, 1.807) is 6.26 Å². The fourth-order valence-corrected chi connectivity index (χ4v) is 4.58. The third-order valence-electron chi connectivity index (χ3n) is 6.20. The van der Waals surface area contributed by atoms with E-state index in [1.165, 1.54) is 0 Å². The number of hydrogen-bond acceptors (Lipinski definition) is 6. The number of ether oxygens (including phenoxy) is 2. The molecule has 1 aromatic heterocycles. The normalized spacial score (nSPS) is 20.9. The van der Waals surface area contributed by atoms with E-state index in [1.807, 2.05) is 30.3 Å². The van der Waals surface area contributed by atoms with Crippen molar-refractivity contribution in [2.75, 3.05) is 39.5 Å². The van der Waals surface area contributed by atoms with Gasteiger partial charge in [0, 0.05) is 48.3 Å². The molecule has 1 aliphatic heterocycles. The third-order valence-corrected chi connectivity index (χ3v) is 6.20. The number of carbonyl (C=O) groups is 2. The van der Waals surface area contributed by atoms with Gasteiger partial charge in [-0.2, -0.15) is 0 Å². The van der Waals surface area contributed by atoms with Gasteiger partial charge in [0.1, 0.15) is 29.5 Å². The number of hydrogen-bond donors (Lipinski definition) is 0. The molecule has 30 heavy (non-hydrogen) atoms. The van der Waals surface area contributed by atoms with E-state index >= 15 is 0 Å². The number of furan rings is 1. The first kappa shape index (κ1) is 19.3.